The van der Waals surface area contributed by atoms with Crippen molar-refractivity contribution in [3.05, 3.63) is 0 Å². The van der Waals surface area contributed by atoms with Crippen molar-refractivity contribution < 1.29 is 13.5 Å². The third kappa shape index (κ3) is 5.16. The predicted molar refractivity (Wildman–Crippen MR) is 72.8 cm³/mol. The van der Waals surface area contributed by atoms with Gasteiger partial charge in [0.1, 0.15) is 0 Å². The minimum absolute atomic E-state index is 0.0218. The molecule has 1 saturated carbocycles. The molecule has 0 bridgehead atoms. The molecule has 0 unspecified atom stereocenters. The Hall–Kier alpha value is 0.220. The number of hydrogen-bond acceptors (Lipinski definition) is 4. The zero-order chi connectivity index (χ0) is 12.8. The van der Waals surface area contributed by atoms with Crippen LogP contribution in [0, 0.1) is 0 Å². The zero-order valence-corrected chi connectivity index (χ0v) is 12.1. The van der Waals surface area contributed by atoms with E-state index in [2.05, 4.69) is 11.0 Å². The monoisotopic (exact) mass is 281 g/mol. The fourth-order valence-corrected chi connectivity index (χ4v) is 4.37. The van der Waals surface area contributed by atoms with Gasteiger partial charge in [-0.15, -0.1) is 0 Å². The quantitative estimate of drug-likeness (QED) is 0.739. The second-order valence-electron chi connectivity index (χ2n) is 4.66. The highest BCUT2D eigenvalue weighted by Gasteiger charge is 2.32. The molecule has 0 heterocycles. The van der Waals surface area contributed by atoms with Gasteiger partial charge in [-0.2, -0.15) is 11.8 Å². The summed E-state index contributed by atoms with van der Waals surface area (Å²) in [5.41, 5.74) is 0. The second-order valence-corrected chi connectivity index (χ2v) is 7.87. The largest absolute Gasteiger partial charge is 0.396 e. The maximum atomic E-state index is 11.7. The van der Waals surface area contributed by atoms with E-state index in [1.807, 2.05) is 0 Å². The maximum Gasteiger partial charge on any atom is 0.211 e. The molecule has 0 aromatic rings. The van der Waals surface area contributed by atoms with Crippen LogP contribution in [0.15, 0.2) is 0 Å². The first-order valence-corrected chi connectivity index (χ1v) is 9.05. The van der Waals surface area contributed by atoms with E-state index >= 15 is 0 Å². The van der Waals surface area contributed by atoms with Crippen LogP contribution in [0.3, 0.4) is 0 Å². The molecule has 1 aliphatic carbocycles. The first kappa shape index (κ1) is 15.3. The number of aliphatic hydroxyl groups is 1. The molecule has 17 heavy (non-hydrogen) atoms. The topological polar surface area (TPSA) is 66.4 Å². The molecule has 1 aliphatic rings. The average Bonchev–Trinajstić information content (AvgIpc) is 2.35. The van der Waals surface area contributed by atoms with E-state index in [-0.39, 0.29) is 17.1 Å². The smallest absolute Gasteiger partial charge is 0.211 e. The van der Waals surface area contributed by atoms with Crippen molar-refractivity contribution in [3.8, 4) is 0 Å². The first-order valence-electron chi connectivity index (χ1n) is 6.17. The van der Waals surface area contributed by atoms with Crippen molar-refractivity contribution >= 4 is 21.8 Å². The molecule has 1 rings (SSSR count). The minimum atomic E-state index is -3.21. The molecule has 1 fully saturated rings. The van der Waals surface area contributed by atoms with Gasteiger partial charge in [0.2, 0.25) is 10.0 Å². The van der Waals surface area contributed by atoms with E-state index < -0.39 is 10.0 Å². The molecule has 102 valence electrons. The van der Waals surface area contributed by atoms with Crippen LogP contribution < -0.4 is 4.72 Å². The summed E-state index contributed by atoms with van der Waals surface area (Å²) >= 11 is 1.78. The Labute approximate surface area is 109 Å². The third-order valence-corrected chi connectivity index (χ3v) is 6.21. The molecular formula is C11H23NO3S2. The number of aliphatic hydroxyl groups excluding tert-OH is 1. The summed E-state index contributed by atoms with van der Waals surface area (Å²) in [6.07, 6.45) is 8.21. The minimum Gasteiger partial charge on any atom is -0.396 e. The summed E-state index contributed by atoms with van der Waals surface area (Å²) in [7, 11) is -3.21. The number of rotatable bonds is 7. The summed E-state index contributed by atoms with van der Waals surface area (Å²) in [5, 5.41) is 8.65. The van der Waals surface area contributed by atoms with Gasteiger partial charge in [-0.05, 0) is 25.5 Å². The van der Waals surface area contributed by atoms with Crippen LogP contribution in [0.25, 0.3) is 0 Å². The van der Waals surface area contributed by atoms with Gasteiger partial charge in [-0.25, -0.2) is 13.1 Å². The van der Waals surface area contributed by atoms with Crippen molar-refractivity contribution in [1.82, 2.24) is 4.72 Å². The summed E-state index contributed by atoms with van der Waals surface area (Å²) in [4.78, 5) is 0. The Morgan fingerprint density at radius 3 is 2.47 bits per heavy atom. The van der Waals surface area contributed by atoms with Gasteiger partial charge in [0.05, 0.1) is 5.75 Å². The SMILES string of the molecule is CSC1(CNS(=O)(=O)CCCO)CCCCC1. The summed E-state index contributed by atoms with van der Waals surface area (Å²) in [6.45, 7) is 0.455. The number of thioether (sulfide) groups is 1. The Morgan fingerprint density at radius 1 is 1.29 bits per heavy atom. The molecule has 0 atom stereocenters. The van der Waals surface area contributed by atoms with Crippen LogP contribution in [-0.2, 0) is 10.0 Å². The molecule has 2 N–H and O–H groups in total. The fraction of sp³-hybridized carbons (Fsp3) is 1.00. The molecule has 0 aliphatic heterocycles. The highest BCUT2D eigenvalue weighted by Crippen LogP contribution is 2.38. The Bertz CT molecular complexity index is 311. The van der Waals surface area contributed by atoms with E-state index in [9.17, 15) is 8.42 Å². The lowest BCUT2D eigenvalue weighted by Gasteiger charge is -2.35. The van der Waals surface area contributed by atoms with Gasteiger partial charge in [-0.1, -0.05) is 19.3 Å². The number of hydrogen-bond donors (Lipinski definition) is 2. The molecular weight excluding hydrogens is 258 g/mol. The molecule has 0 aromatic carbocycles. The molecule has 0 amide bonds. The fourth-order valence-electron chi connectivity index (χ4n) is 2.22. The Balaban J connectivity index is 2.46. The zero-order valence-electron chi connectivity index (χ0n) is 10.4. The first-order chi connectivity index (χ1) is 8.04. The molecule has 4 nitrogen and oxygen atoms in total. The predicted octanol–water partition coefficient (Wildman–Crippen LogP) is 1.35. The van der Waals surface area contributed by atoms with Crippen LogP contribution in [-0.4, -0.2) is 43.4 Å². The van der Waals surface area contributed by atoms with Crippen molar-refractivity contribution in [3.63, 3.8) is 0 Å². The lowest BCUT2D eigenvalue weighted by Crippen LogP contribution is -2.42. The van der Waals surface area contributed by atoms with Crippen LogP contribution in [0.5, 0.6) is 0 Å². The van der Waals surface area contributed by atoms with Crippen LogP contribution in [0.1, 0.15) is 38.5 Å². The van der Waals surface area contributed by atoms with E-state index in [1.54, 1.807) is 11.8 Å². The lowest BCUT2D eigenvalue weighted by molar-refractivity contribution is 0.295. The molecule has 0 saturated heterocycles. The van der Waals surface area contributed by atoms with E-state index in [4.69, 9.17) is 5.11 Å². The third-order valence-electron chi connectivity index (χ3n) is 3.38. The Morgan fingerprint density at radius 2 is 1.94 bits per heavy atom. The van der Waals surface area contributed by atoms with Gasteiger partial charge < -0.3 is 5.11 Å². The van der Waals surface area contributed by atoms with Crippen LogP contribution in [0.2, 0.25) is 0 Å². The highest BCUT2D eigenvalue weighted by atomic mass is 32.2. The maximum absolute atomic E-state index is 11.7. The lowest BCUT2D eigenvalue weighted by atomic mass is 9.88. The number of nitrogens with one attached hydrogen (secondary N) is 1. The summed E-state index contributed by atoms with van der Waals surface area (Å²) in [6, 6.07) is 0. The normalized spacial score (nSPS) is 20.4. The average molecular weight is 281 g/mol. The van der Waals surface area contributed by atoms with Gasteiger partial charge in [0, 0.05) is 17.9 Å². The summed E-state index contributed by atoms with van der Waals surface area (Å²) < 4.78 is 26.1. The number of sulfonamides is 1. The van der Waals surface area contributed by atoms with E-state index in [1.165, 1.54) is 19.3 Å². The van der Waals surface area contributed by atoms with Gasteiger partial charge in [0.15, 0.2) is 0 Å². The van der Waals surface area contributed by atoms with Crippen LogP contribution in [0.4, 0.5) is 0 Å². The highest BCUT2D eigenvalue weighted by molar-refractivity contribution is 8.00. The van der Waals surface area contributed by atoms with Gasteiger partial charge in [-0.3, -0.25) is 0 Å². The van der Waals surface area contributed by atoms with E-state index in [0.29, 0.717) is 13.0 Å². The van der Waals surface area contributed by atoms with Crippen molar-refractivity contribution in [2.45, 2.75) is 43.3 Å². The van der Waals surface area contributed by atoms with Crippen LogP contribution >= 0.6 is 11.8 Å². The molecule has 0 spiro atoms. The van der Waals surface area contributed by atoms with Gasteiger partial charge in [0.25, 0.3) is 0 Å². The van der Waals surface area contributed by atoms with Crippen molar-refractivity contribution in [2.24, 2.45) is 0 Å². The van der Waals surface area contributed by atoms with E-state index in [0.717, 1.165) is 12.8 Å². The van der Waals surface area contributed by atoms with Gasteiger partial charge >= 0.3 is 0 Å². The summed E-state index contributed by atoms with van der Waals surface area (Å²) in [5.74, 6) is 0.0218. The van der Waals surface area contributed by atoms with Crippen molar-refractivity contribution in [2.75, 3.05) is 25.2 Å². The molecule has 0 aromatic heterocycles. The molecule has 0 radical (unpaired) electrons. The standard InChI is InChI=1S/C11H23NO3S2/c1-16-11(6-3-2-4-7-11)10-12-17(14,15)9-5-8-13/h12-13H,2-10H2,1H3. The molecule has 6 heteroatoms. The Kier molecular flexibility index (Phi) is 6.26. The second kappa shape index (κ2) is 6.97. The van der Waals surface area contributed by atoms with Crippen molar-refractivity contribution in [1.29, 1.82) is 0 Å².